The Morgan fingerprint density at radius 1 is 1.27 bits per heavy atom. The zero-order chi connectivity index (χ0) is 18.7. The van der Waals surface area contributed by atoms with E-state index in [1.165, 1.54) is 55.8 Å². The van der Waals surface area contributed by atoms with Crippen molar-refractivity contribution < 1.29 is 9.47 Å². The Morgan fingerprint density at radius 2 is 2.08 bits per heavy atom. The van der Waals surface area contributed by atoms with E-state index >= 15 is 0 Å². The molecule has 0 radical (unpaired) electrons. The zero-order valence-electron chi connectivity index (χ0n) is 17.0. The minimum Gasteiger partial charge on any atom is -0.391 e. The van der Waals surface area contributed by atoms with Gasteiger partial charge in [0.1, 0.15) is 0 Å². The molecule has 2 aliphatic rings. The van der Waals surface area contributed by atoms with Crippen molar-refractivity contribution in [3.8, 4) is 0 Å². The van der Waals surface area contributed by atoms with Gasteiger partial charge in [-0.25, -0.2) is 0 Å². The van der Waals surface area contributed by atoms with E-state index in [1.807, 2.05) is 0 Å². The fourth-order valence-electron chi connectivity index (χ4n) is 4.69. The first kappa shape index (κ1) is 22.5. The van der Waals surface area contributed by atoms with Crippen LogP contribution in [0.2, 0.25) is 0 Å². The number of ether oxygens (including phenoxy) is 2. The van der Waals surface area contributed by atoms with Crippen LogP contribution in [0, 0.1) is 17.3 Å². The van der Waals surface area contributed by atoms with Crippen molar-refractivity contribution >= 4 is 22.6 Å². The Kier molecular flexibility index (Phi) is 10.9. The van der Waals surface area contributed by atoms with Gasteiger partial charge in [0.05, 0.1) is 6.10 Å². The highest BCUT2D eigenvalue weighted by molar-refractivity contribution is 14.1. The highest BCUT2D eigenvalue weighted by atomic mass is 127. The largest absolute Gasteiger partial charge is 0.391 e. The average molecular weight is 477 g/mol. The van der Waals surface area contributed by atoms with Gasteiger partial charge in [0.2, 0.25) is 0 Å². The maximum absolute atomic E-state index is 6.51. The Balaban J connectivity index is 1.73. The molecule has 3 atom stereocenters. The molecule has 3 nitrogen and oxygen atoms in total. The van der Waals surface area contributed by atoms with Gasteiger partial charge in [-0.05, 0) is 68.4 Å². The van der Waals surface area contributed by atoms with Gasteiger partial charge in [-0.3, -0.25) is 0 Å². The van der Waals surface area contributed by atoms with Gasteiger partial charge in [0.15, 0.2) is 0 Å². The predicted octanol–water partition coefficient (Wildman–Crippen LogP) is 5.72. The van der Waals surface area contributed by atoms with Crippen LogP contribution < -0.4 is 5.32 Å². The fraction of sp³-hybridized carbons (Fsp3) is 0.909. The van der Waals surface area contributed by atoms with Crippen LogP contribution >= 0.6 is 22.6 Å². The Hall–Kier alpha value is 0.190. The van der Waals surface area contributed by atoms with Crippen LogP contribution in [0.15, 0.2) is 12.3 Å². The maximum atomic E-state index is 6.51. The molecule has 0 spiro atoms. The molecule has 0 aromatic rings. The molecule has 2 fully saturated rings. The average Bonchev–Trinajstić information content (AvgIpc) is 2.68. The minimum absolute atomic E-state index is 0.372. The Bertz CT molecular complexity index is 398. The topological polar surface area (TPSA) is 30.5 Å². The van der Waals surface area contributed by atoms with E-state index in [-0.39, 0.29) is 0 Å². The molecule has 2 rings (SSSR count). The number of nitrogens with one attached hydrogen (secondary N) is 1. The third-order valence-corrected chi connectivity index (χ3v) is 7.74. The molecule has 0 bridgehead atoms. The van der Waals surface area contributed by atoms with Crippen molar-refractivity contribution in [2.75, 3.05) is 30.8 Å². The molecule has 1 aliphatic heterocycles. The lowest BCUT2D eigenvalue weighted by atomic mass is 9.63. The summed E-state index contributed by atoms with van der Waals surface area (Å²) in [6, 6.07) is 0. The normalized spacial score (nSPS) is 29.1. The monoisotopic (exact) mass is 477 g/mol. The third-order valence-electron chi connectivity index (χ3n) is 6.49. The summed E-state index contributed by atoms with van der Waals surface area (Å²) < 4.78 is 13.3. The highest BCUT2D eigenvalue weighted by Gasteiger charge is 2.43. The summed E-state index contributed by atoms with van der Waals surface area (Å²) in [6.45, 7) is 8.59. The minimum atomic E-state index is 0.372. The van der Waals surface area contributed by atoms with Crippen molar-refractivity contribution in [3.63, 3.8) is 0 Å². The smallest absolute Gasteiger partial charge is 0.0631 e. The molecular weight excluding hydrogens is 437 g/mol. The molecule has 1 N–H and O–H groups in total. The quantitative estimate of drug-likeness (QED) is 0.235. The number of allylic oxidation sites excluding steroid dienone is 1. The summed E-state index contributed by atoms with van der Waals surface area (Å²) in [7, 11) is 0. The molecule has 1 saturated carbocycles. The summed E-state index contributed by atoms with van der Waals surface area (Å²) in [4.78, 5) is 0. The lowest BCUT2D eigenvalue weighted by Crippen LogP contribution is -2.45. The van der Waals surface area contributed by atoms with E-state index in [1.54, 1.807) is 0 Å². The van der Waals surface area contributed by atoms with Gasteiger partial charge in [-0.2, -0.15) is 0 Å². The number of rotatable bonds is 11. The van der Waals surface area contributed by atoms with Crippen molar-refractivity contribution in [1.29, 1.82) is 0 Å². The second-order valence-corrected chi connectivity index (χ2v) is 9.26. The van der Waals surface area contributed by atoms with Crippen LogP contribution in [0.4, 0.5) is 0 Å². The highest BCUT2D eigenvalue weighted by Crippen LogP contribution is 2.47. The van der Waals surface area contributed by atoms with Gasteiger partial charge in [0.25, 0.3) is 0 Å². The predicted molar refractivity (Wildman–Crippen MR) is 119 cm³/mol. The van der Waals surface area contributed by atoms with Crippen LogP contribution in [0.25, 0.3) is 0 Å². The van der Waals surface area contributed by atoms with Crippen molar-refractivity contribution in [3.05, 3.63) is 12.3 Å². The van der Waals surface area contributed by atoms with Crippen molar-refractivity contribution in [2.45, 2.75) is 77.7 Å². The van der Waals surface area contributed by atoms with Gasteiger partial charge >= 0.3 is 0 Å². The zero-order valence-corrected chi connectivity index (χ0v) is 19.1. The van der Waals surface area contributed by atoms with Crippen molar-refractivity contribution in [1.82, 2.24) is 5.32 Å². The van der Waals surface area contributed by atoms with Crippen molar-refractivity contribution in [2.24, 2.45) is 17.3 Å². The first-order valence-corrected chi connectivity index (χ1v) is 12.4. The van der Waals surface area contributed by atoms with Crippen LogP contribution in [0.1, 0.15) is 71.6 Å². The SMILES string of the molecule is CC/C=C\NC[C@@H](CI)CCCO[C@H]1CCCC[C@]1(C)C1CCOCC1. The summed E-state index contributed by atoms with van der Waals surface area (Å²) in [5.74, 6) is 1.53. The van der Waals surface area contributed by atoms with E-state index in [4.69, 9.17) is 9.47 Å². The van der Waals surface area contributed by atoms with E-state index in [9.17, 15) is 0 Å². The van der Waals surface area contributed by atoms with Gasteiger partial charge in [-0.15, -0.1) is 0 Å². The second-order valence-electron chi connectivity index (χ2n) is 8.38. The van der Waals surface area contributed by atoms with Gasteiger partial charge < -0.3 is 14.8 Å². The van der Waals surface area contributed by atoms with Crippen LogP contribution in [0.3, 0.4) is 0 Å². The molecule has 1 saturated heterocycles. The summed E-state index contributed by atoms with van der Waals surface area (Å²) in [5.41, 5.74) is 0.372. The fourth-order valence-corrected chi connectivity index (χ4v) is 5.44. The van der Waals surface area contributed by atoms with Gasteiger partial charge in [0, 0.05) is 30.8 Å². The molecule has 4 heteroatoms. The maximum Gasteiger partial charge on any atom is 0.0631 e. The molecule has 0 aromatic heterocycles. The first-order chi connectivity index (χ1) is 12.7. The number of halogens is 1. The summed E-state index contributed by atoms with van der Waals surface area (Å²) in [6.07, 6.45) is 16.1. The molecule has 0 amide bonds. The number of hydrogen-bond acceptors (Lipinski definition) is 3. The van der Waals surface area contributed by atoms with E-state index in [2.05, 4.69) is 54.0 Å². The summed E-state index contributed by atoms with van der Waals surface area (Å²) in [5, 5.41) is 3.45. The molecule has 152 valence electrons. The molecule has 1 heterocycles. The van der Waals surface area contributed by atoms with Crippen LogP contribution in [-0.2, 0) is 9.47 Å². The third kappa shape index (κ3) is 6.97. The molecule has 26 heavy (non-hydrogen) atoms. The lowest BCUT2D eigenvalue weighted by Gasteiger charge is -2.48. The Morgan fingerprint density at radius 3 is 2.81 bits per heavy atom. The molecule has 0 aromatic carbocycles. The van der Waals surface area contributed by atoms with Crippen LogP contribution in [-0.4, -0.2) is 36.9 Å². The standard InChI is InChI=1S/C22H40INO2/c1-3-4-13-24-18-19(17-23)8-7-14-26-21-9-5-6-12-22(21,2)20-10-15-25-16-11-20/h4,13,19-21,24H,3,5-12,14-18H2,1-2H3/b13-4-/t19-,21+,22-/m1/s1. The molecule has 0 unspecified atom stereocenters. The van der Waals surface area contributed by atoms with E-state index in [0.29, 0.717) is 11.5 Å². The number of alkyl halides is 1. The van der Waals surface area contributed by atoms with Gasteiger partial charge in [-0.1, -0.05) is 55.4 Å². The first-order valence-electron chi connectivity index (χ1n) is 10.8. The Labute approximate surface area is 175 Å². The van der Waals surface area contributed by atoms with E-state index < -0.39 is 0 Å². The summed E-state index contributed by atoms with van der Waals surface area (Å²) >= 11 is 2.52. The van der Waals surface area contributed by atoms with E-state index in [0.717, 1.165) is 44.6 Å². The lowest BCUT2D eigenvalue weighted by molar-refractivity contribution is -0.109. The molecular formula is C22H40INO2. The number of hydrogen-bond donors (Lipinski definition) is 1. The second kappa shape index (κ2) is 12.6. The molecule has 1 aliphatic carbocycles. The van der Waals surface area contributed by atoms with Crippen LogP contribution in [0.5, 0.6) is 0 Å².